The number of hydrogen-bond acceptors (Lipinski definition) is 2. The minimum atomic E-state index is 0.685. The highest BCUT2D eigenvalue weighted by Crippen LogP contribution is 2.15. The standard InChI is InChI=1S/C12H17N3O/c1-10-4-5-11(2)15(10)12-8-13-14(9-12)6-7-16-3/h4-5,8-9H,6-7H2,1-3H3. The third-order valence-electron chi connectivity index (χ3n) is 2.67. The fraction of sp³-hybridized carbons (Fsp3) is 0.417. The molecule has 0 aliphatic heterocycles. The fourth-order valence-corrected chi connectivity index (χ4v) is 1.85. The monoisotopic (exact) mass is 219 g/mol. The van der Waals surface area contributed by atoms with Crippen LogP contribution in [-0.2, 0) is 11.3 Å². The average molecular weight is 219 g/mol. The van der Waals surface area contributed by atoms with Crippen molar-refractivity contribution in [2.24, 2.45) is 0 Å². The molecule has 4 nitrogen and oxygen atoms in total. The minimum absolute atomic E-state index is 0.685. The molecule has 2 aromatic heterocycles. The summed E-state index contributed by atoms with van der Waals surface area (Å²) in [5, 5.41) is 4.31. The van der Waals surface area contributed by atoms with Gasteiger partial charge < -0.3 is 9.30 Å². The third kappa shape index (κ3) is 2.02. The fourth-order valence-electron chi connectivity index (χ4n) is 1.85. The molecule has 4 heteroatoms. The Morgan fingerprint density at radius 3 is 2.56 bits per heavy atom. The van der Waals surface area contributed by atoms with Gasteiger partial charge >= 0.3 is 0 Å². The second kappa shape index (κ2) is 4.53. The van der Waals surface area contributed by atoms with E-state index in [1.165, 1.54) is 11.4 Å². The van der Waals surface area contributed by atoms with Crippen molar-refractivity contribution in [3.8, 4) is 5.69 Å². The summed E-state index contributed by atoms with van der Waals surface area (Å²) in [6, 6.07) is 4.23. The Balaban J connectivity index is 2.25. The zero-order valence-electron chi connectivity index (χ0n) is 9.97. The summed E-state index contributed by atoms with van der Waals surface area (Å²) < 4.78 is 9.12. The van der Waals surface area contributed by atoms with Crippen molar-refractivity contribution in [2.45, 2.75) is 20.4 Å². The van der Waals surface area contributed by atoms with Crippen LogP contribution in [0.5, 0.6) is 0 Å². The molecule has 0 bridgehead atoms. The Bertz CT molecular complexity index is 451. The second-order valence-corrected chi connectivity index (χ2v) is 3.91. The predicted octanol–water partition coefficient (Wildman–Crippen LogP) is 1.94. The number of nitrogens with zero attached hydrogens (tertiary/aromatic N) is 3. The highest BCUT2D eigenvalue weighted by molar-refractivity contribution is 5.33. The molecule has 0 aromatic carbocycles. The lowest BCUT2D eigenvalue weighted by molar-refractivity contribution is 0.183. The molecule has 0 fully saturated rings. The first-order valence-corrected chi connectivity index (χ1v) is 5.39. The smallest absolute Gasteiger partial charge is 0.0837 e. The summed E-state index contributed by atoms with van der Waals surface area (Å²) in [6.07, 6.45) is 3.93. The lowest BCUT2D eigenvalue weighted by Crippen LogP contribution is -2.04. The quantitative estimate of drug-likeness (QED) is 0.787. The molecule has 0 saturated heterocycles. The van der Waals surface area contributed by atoms with Crippen LogP contribution in [0.2, 0.25) is 0 Å². The molecule has 86 valence electrons. The first-order chi connectivity index (χ1) is 7.72. The third-order valence-corrected chi connectivity index (χ3v) is 2.67. The van der Waals surface area contributed by atoms with Crippen molar-refractivity contribution in [1.29, 1.82) is 0 Å². The molecule has 16 heavy (non-hydrogen) atoms. The normalized spacial score (nSPS) is 10.9. The molecule has 0 spiro atoms. The lowest BCUT2D eigenvalue weighted by Gasteiger charge is -2.05. The number of rotatable bonds is 4. The van der Waals surface area contributed by atoms with Gasteiger partial charge in [-0.05, 0) is 26.0 Å². The van der Waals surface area contributed by atoms with Crippen LogP contribution >= 0.6 is 0 Å². The topological polar surface area (TPSA) is 32.0 Å². The van der Waals surface area contributed by atoms with E-state index in [9.17, 15) is 0 Å². The van der Waals surface area contributed by atoms with E-state index in [1.54, 1.807) is 7.11 Å². The van der Waals surface area contributed by atoms with Crippen molar-refractivity contribution in [1.82, 2.24) is 14.3 Å². The van der Waals surface area contributed by atoms with E-state index < -0.39 is 0 Å². The van der Waals surface area contributed by atoms with Gasteiger partial charge in [0.05, 0.1) is 25.0 Å². The van der Waals surface area contributed by atoms with Gasteiger partial charge in [-0.2, -0.15) is 5.10 Å². The van der Waals surface area contributed by atoms with Crippen molar-refractivity contribution in [3.63, 3.8) is 0 Å². The van der Waals surface area contributed by atoms with Crippen LogP contribution in [0.3, 0.4) is 0 Å². The number of methoxy groups -OCH3 is 1. The van der Waals surface area contributed by atoms with Gasteiger partial charge in [0, 0.05) is 24.7 Å². The molecule has 0 atom stereocenters. The SMILES string of the molecule is COCCn1cc(-n2c(C)ccc2C)cn1. The molecule has 0 radical (unpaired) electrons. The molecular weight excluding hydrogens is 202 g/mol. The van der Waals surface area contributed by atoms with Crippen molar-refractivity contribution < 1.29 is 4.74 Å². The largest absolute Gasteiger partial charge is 0.383 e. The summed E-state index contributed by atoms with van der Waals surface area (Å²) in [7, 11) is 1.70. The molecule has 0 aliphatic carbocycles. The Morgan fingerprint density at radius 1 is 1.25 bits per heavy atom. The van der Waals surface area contributed by atoms with E-state index in [1.807, 2.05) is 17.1 Å². The van der Waals surface area contributed by atoms with Crippen molar-refractivity contribution >= 4 is 0 Å². The highest BCUT2D eigenvalue weighted by Gasteiger charge is 2.05. The van der Waals surface area contributed by atoms with Gasteiger partial charge in [-0.3, -0.25) is 4.68 Å². The summed E-state index contributed by atoms with van der Waals surface area (Å²) in [4.78, 5) is 0. The van der Waals surface area contributed by atoms with Crippen LogP contribution in [0.25, 0.3) is 5.69 Å². The molecule has 0 amide bonds. The molecule has 2 rings (SSSR count). The van der Waals surface area contributed by atoms with Crippen molar-refractivity contribution in [3.05, 3.63) is 35.9 Å². The maximum atomic E-state index is 5.03. The Morgan fingerprint density at radius 2 is 1.94 bits per heavy atom. The Labute approximate surface area is 95.5 Å². The summed E-state index contributed by atoms with van der Waals surface area (Å²) in [5.41, 5.74) is 3.56. The first kappa shape index (κ1) is 11.0. The van der Waals surface area contributed by atoms with E-state index >= 15 is 0 Å². The van der Waals surface area contributed by atoms with Crippen LogP contribution in [-0.4, -0.2) is 28.1 Å². The van der Waals surface area contributed by atoms with E-state index in [2.05, 4.69) is 35.6 Å². The number of hydrogen-bond donors (Lipinski definition) is 0. The van der Waals surface area contributed by atoms with Gasteiger partial charge in [0.1, 0.15) is 0 Å². The van der Waals surface area contributed by atoms with Crippen LogP contribution in [0.4, 0.5) is 0 Å². The molecule has 0 N–H and O–H groups in total. The zero-order valence-corrected chi connectivity index (χ0v) is 9.97. The summed E-state index contributed by atoms with van der Waals surface area (Å²) >= 11 is 0. The Hall–Kier alpha value is -1.55. The molecule has 0 saturated carbocycles. The van der Waals surface area contributed by atoms with Crippen LogP contribution in [0.15, 0.2) is 24.5 Å². The average Bonchev–Trinajstić information content (AvgIpc) is 2.83. The Kier molecular flexibility index (Phi) is 3.10. The molecule has 2 aromatic rings. The highest BCUT2D eigenvalue weighted by atomic mass is 16.5. The second-order valence-electron chi connectivity index (χ2n) is 3.91. The first-order valence-electron chi connectivity index (χ1n) is 5.39. The zero-order chi connectivity index (χ0) is 11.5. The van der Waals surface area contributed by atoms with Gasteiger partial charge in [-0.25, -0.2) is 0 Å². The van der Waals surface area contributed by atoms with Gasteiger partial charge in [-0.1, -0.05) is 0 Å². The maximum Gasteiger partial charge on any atom is 0.0837 e. The van der Waals surface area contributed by atoms with Crippen LogP contribution in [0, 0.1) is 13.8 Å². The summed E-state index contributed by atoms with van der Waals surface area (Å²) in [6.45, 7) is 5.67. The van der Waals surface area contributed by atoms with Crippen molar-refractivity contribution in [2.75, 3.05) is 13.7 Å². The van der Waals surface area contributed by atoms with Gasteiger partial charge in [0.15, 0.2) is 0 Å². The number of aryl methyl sites for hydroxylation is 2. The number of ether oxygens (including phenoxy) is 1. The van der Waals surface area contributed by atoms with E-state index in [-0.39, 0.29) is 0 Å². The van der Waals surface area contributed by atoms with Crippen LogP contribution < -0.4 is 0 Å². The van der Waals surface area contributed by atoms with E-state index in [0.29, 0.717) is 6.61 Å². The van der Waals surface area contributed by atoms with Crippen LogP contribution in [0.1, 0.15) is 11.4 Å². The lowest BCUT2D eigenvalue weighted by atomic mass is 10.4. The predicted molar refractivity (Wildman–Crippen MR) is 62.9 cm³/mol. The van der Waals surface area contributed by atoms with E-state index in [0.717, 1.165) is 12.2 Å². The van der Waals surface area contributed by atoms with Gasteiger partial charge in [-0.15, -0.1) is 0 Å². The minimum Gasteiger partial charge on any atom is -0.383 e. The maximum absolute atomic E-state index is 5.03. The molecule has 2 heterocycles. The molecular formula is C12H17N3O. The van der Waals surface area contributed by atoms with E-state index in [4.69, 9.17) is 4.74 Å². The number of aromatic nitrogens is 3. The molecule has 0 aliphatic rings. The molecule has 0 unspecified atom stereocenters. The summed E-state index contributed by atoms with van der Waals surface area (Å²) in [5.74, 6) is 0. The van der Waals surface area contributed by atoms with Gasteiger partial charge in [0.25, 0.3) is 0 Å². The van der Waals surface area contributed by atoms with Gasteiger partial charge in [0.2, 0.25) is 0 Å².